The number of hydrogen-bond acceptors (Lipinski definition) is 3. The smallest absolute Gasteiger partial charge is 0.266 e. The van der Waals surface area contributed by atoms with Crippen molar-refractivity contribution in [2.24, 2.45) is 5.73 Å². The molecule has 0 saturated carbocycles. The van der Waals surface area contributed by atoms with Gasteiger partial charge in [0.05, 0.1) is 6.26 Å². The first kappa shape index (κ1) is 8.79. The summed E-state index contributed by atoms with van der Waals surface area (Å²) in [5, 5.41) is 0. The molecule has 0 atom stereocenters. The first-order valence-corrected chi connectivity index (χ1v) is 4.95. The van der Waals surface area contributed by atoms with Crippen LogP contribution < -0.4 is 5.73 Å². The summed E-state index contributed by atoms with van der Waals surface area (Å²) < 4.78 is 22.8. The zero-order chi connectivity index (χ0) is 9.35. The van der Waals surface area contributed by atoms with Crippen LogP contribution >= 0.6 is 0 Å². The van der Waals surface area contributed by atoms with Crippen molar-refractivity contribution in [3.8, 4) is 0 Å². The summed E-state index contributed by atoms with van der Waals surface area (Å²) in [6.45, 7) is 0. The number of carbonyl (C=O) groups excluding carboxylic acids is 1. The third kappa shape index (κ3) is 1.48. The summed E-state index contributed by atoms with van der Waals surface area (Å²) in [4.78, 5) is 10.7. The van der Waals surface area contributed by atoms with Gasteiger partial charge in [-0.05, 0) is 12.1 Å². The molecule has 0 aliphatic heterocycles. The molecular formula is C6H8N2O3S. The highest BCUT2D eigenvalue weighted by molar-refractivity contribution is 7.89. The molecule has 12 heavy (non-hydrogen) atoms. The highest BCUT2D eigenvalue weighted by Crippen LogP contribution is 2.03. The molecule has 6 heteroatoms. The molecule has 0 unspecified atom stereocenters. The van der Waals surface area contributed by atoms with Crippen molar-refractivity contribution in [3.05, 3.63) is 24.0 Å². The molecule has 1 amide bonds. The molecule has 0 aliphatic rings. The summed E-state index contributed by atoms with van der Waals surface area (Å²) >= 11 is 0. The molecule has 1 heterocycles. The molecule has 0 aliphatic carbocycles. The minimum Gasteiger partial charge on any atom is -0.364 e. The van der Waals surface area contributed by atoms with Gasteiger partial charge in [-0.3, -0.25) is 4.79 Å². The van der Waals surface area contributed by atoms with Crippen LogP contribution in [0.4, 0.5) is 0 Å². The fourth-order valence-electron chi connectivity index (χ4n) is 0.846. The maximum absolute atomic E-state index is 11.0. The van der Waals surface area contributed by atoms with E-state index in [1.165, 1.54) is 18.3 Å². The Kier molecular flexibility index (Phi) is 1.93. The highest BCUT2D eigenvalue weighted by Gasteiger charge is 2.13. The number of rotatable bonds is 2. The number of carbonyl (C=O) groups is 1. The Labute approximate surface area is 69.8 Å². The van der Waals surface area contributed by atoms with Crippen molar-refractivity contribution in [1.82, 2.24) is 3.97 Å². The van der Waals surface area contributed by atoms with Gasteiger partial charge in [-0.2, -0.15) is 0 Å². The number of nitrogens with zero attached hydrogens (tertiary/aromatic N) is 1. The van der Waals surface area contributed by atoms with Gasteiger partial charge in [0.2, 0.25) is 10.0 Å². The molecule has 1 aromatic heterocycles. The van der Waals surface area contributed by atoms with Crippen molar-refractivity contribution in [1.29, 1.82) is 0 Å². The van der Waals surface area contributed by atoms with Crippen LogP contribution in [-0.2, 0) is 10.0 Å². The number of primary amides is 1. The Hall–Kier alpha value is -1.30. The molecule has 0 spiro atoms. The van der Waals surface area contributed by atoms with E-state index in [2.05, 4.69) is 0 Å². The van der Waals surface area contributed by atoms with Gasteiger partial charge in [0, 0.05) is 6.20 Å². The first-order chi connectivity index (χ1) is 5.43. The van der Waals surface area contributed by atoms with Crippen LogP contribution in [0.2, 0.25) is 0 Å². The second kappa shape index (κ2) is 2.63. The quantitative estimate of drug-likeness (QED) is 0.672. The zero-order valence-corrected chi connectivity index (χ0v) is 7.21. The molecule has 0 saturated heterocycles. The van der Waals surface area contributed by atoms with E-state index in [9.17, 15) is 13.2 Å². The zero-order valence-electron chi connectivity index (χ0n) is 6.39. The molecule has 0 radical (unpaired) electrons. The van der Waals surface area contributed by atoms with Crippen molar-refractivity contribution in [3.63, 3.8) is 0 Å². The molecule has 0 aromatic carbocycles. The maximum Gasteiger partial charge on any atom is 0.266 e. The summed E-state index contributed by atoms with van der Waals surface area (Å²) in [5.74, 6) is -0.759. The van der Waals surface area contributed by atoms with Crippen LogP contribution in [-0.4, -0.2) is 24.6 Å². The van der Waals surface area contributed by atoms with E-state index >= 15 is 0 Å². The minimum absolute atomic E-state index is 0.0301. The molecule has 0 bridgehead atoms. The van der Waals surface area contributed by atoms with Gasteiger partial charge in [-0.15, -0.1) is 0 Å². The Balaban J connectivity index is 3.36. The third-order valence-corrected chi connectivity index (χ3v) is 2.36. The van der Waals surface area contributed by atoms with E-state index < -0.39 is 15.9 Å². The van der Waals surface area contributed by atoms with Gasteiger partial charge < -0.3 is 5.73 Å². The lowest BCUT2D eigenvalue weighted by atomic mass is 10.4. The van der Waals surface area contributed by atoms with E-state index in [-0.39, 0.29) is 5.69 Å². The molecule has 66 valence electrons. The summed E-state index contributed by atoms with van der Waals surface area (Å²) in [5.41, 5.74) is 4.90. The largest absolute Gasteiger partial charge is 0.364 e. The molecule has 0 fully saturated rings. The number of aromatic nitrogens is 1. The van der Waals surface area contributed by atoms with Crippen molar-refractivity contribution in [2.75, 3.05) is 6.26 Å². The first-order valence-electron chi connectivity index (χ1n) is 3.10. The van der Waals surface area contributed by atoms with Gasteiger partial charge in [0.25, 0.3) is 5.91 Å². The van der Waals surface area contributed by atoms with Gasteiger partial charge in [0.1, 0.15) is 5.69 Å². The molecule has 5 nitrogen and oxygen atoms in total. The topological polar surface area (TPSA) is 82.2 Å². The second-order valence-corrected chi connectivity index (χ2v) is 4.18. The standard InChI is InChI=1S/C6H8N2O3S/c1-12(10,11)8-4-2-3-5(8)6(7)9/h2-4H,1H3,(H2,7,9). The Morgan fingerprint density at radius 3 is 2.50 bits per heavy atom. The normalized spacial score (nSPS) is 11.4. The summed E-state index contributed by atoms with van der Waals surface area (Å²) in [7, 11) is -3.42. The van der Waals surface area contributed by atoms with E-state index in [1.54, 1.807) is 0 Å². The number of nitrogens with two attached hydrogens (primary N) is 1. The molecule has 1 rings (SSSR count). The van der Waals surface area contributed by atoms with Crippen LogP contribution in [0.1, 0.15) is 10.5 Å². The van der Waals surface area contributed by atoms with Crippen LogP contribution in [0.25, 0.3) is 0 Å². The van der Waals surface area contributed by atoms with E-state index in [0.29, 0.717) is 0 Å². The summed E-state index contributed by atoms with van der Waals surface area (Å²) in [6, 6.07) is 2.80. The maximum atomic E-state index is 11.0. The monoisotopic (exact) mass is 188 g/mol. The van der Waals surface area contributed by atoms with Crippen LogP contribution in [0.3, 0.4) is 0 Å². The van der Waals surface area contributed by atoms with E-state index in [4.69, 9.17) is 5.73 Å². The van der Waals surface area contributed by atoms with Gasteiger partial charge >= 0.3 is 0 Å². The molecule has 1 aromatic rings. The fraction of sp³-hybridized carbons (Fsp3) is 0.167. The SMILES string of the molecule is CS(=O)(=O)n1cccc1C(N)=O. The Morgan fingerprint density at radius 1 is 1.58 bits per heavy atom. The van der Waals surface area contributed by atoms with Crippen molar-refractivity contribution < 1.29 is 13.2 Å². The number of hydrogen-bond donors (Lipinski definition) is 1. The minimum atomic E-state index is -3.42. The Morgan fingerprint density at radius 2 is 2.17 bits per heavy atom. The highest BCUT2D eigenvalue weighted by atomic mass is 32.2. The van der Waals surface area contributed by atoms with Crippen LogP contribution in [0.5, 0.6) is 0 Å². The van der Waals surface area contributed by atoms with Crippen LogP contribution in [0, 0.1) is 0 Å². The van der Waals surface area contributed by atoms with Crippen molar-refractivity contribution >= 4 is 15.9 Å². The average Bonchev–Trinajstić information content (AvgIpc) is 2.30. The van der Waals surface area contributed by atoms with Gasteiger partial charge in [0.15, 0.2) is 0 Å². The van der Waals surface area contributed by atoms with Gasteiger partial charge in [-0.1, -0.05) is 0 Å². The predicted molar refractivity (Wildman–Crippen MR) is 43.2 cm³/mol. The second-order valence-electron chi connectivity index (χ2n) is 2.32. The van der Waals surface area contributed by atoms with Gasteiger partial charge in [-0.25, -0.2) is 12.4 Å². The van der Waals surface area contributed by atoms with Crippen LogP contribution in [0.15, 0.2) is 18.3 Å². The molecule has 2 N–H and O–H groups in total. The lowest BCUT2D eigenvalue weighted by Crippen LogP contribution is -2.20. The Bertz CT molecular complexity index is 404. The average molecular weight is 188 g/mol. The predicted octanol–water partition coefficient (Wildman–Crippen LogP) is -0.605. The van der Waals surface area contributed by atoms with E-state index in [0.717, 1.165) is 10.2 Å². The fourth-order valence-corrected chi connectivity index (χ4v) is 1.65. The third-order valence-electron chi connectivity index (χ3n) is 1.32. The lowest BCUT2D eigenvalue weighted by molar-refractivity contribution is 0.0994. The van der Waals surface area contributed by atoms with E-state index in [1.807, 2.05) is 0 Å². The summed E-state index contributed by atoms with van der Waals surface area (Å²) in [6.07, 6.45) is 2.27. The number of amides is 1. The van der Waals surface area contributed by atoms with Crippen molar-refractivity contribution in [2.45, 2.75) is 0 Å². The lowest BCUT2D eigenvalue weighted by Gasteiger charge is -2.01. The molecular weight excluding hydrogens is 180 g/mol.